The lowest BCUT2D eigenvalue weighted by Crippen LogP contribution is -2.49. The summed E-state index contributed by atoms with van der Waals surface area (Å²) in [6, 6.07) is 22.5. The van der Waals surface area contributed by atoms with E-state index in [0.717, 1.165) is 22.3 Å². The fourth-order valence-electron chi connectivity index (χ4n) is 5.08. The molecule has 4 aromatic carbocycles. The molecule has 4 atom stereocenters. The van der Waals surface area contributed by atoms with Crippen LogP contribution in [0.2, 0.25) is 0 Å². The zero-order valence-corrected chi connectivity index (χ0v) is 32.3. The smallest absolute Gasteiger partial charge is 0.297 e. The van der Waals surface area contributed by atoms with Gasteiger partial charge in [0.15, 0.2) is 0 Å². The van der Waals surface area contributed by atoms with Crippen LogP contribution in [0.1, 0.15) is 22.3 Å². The zero-order chi connectivity index (χ0) is 38.6. The molecule has 53 heavy (non-hydrogen) atoms. The second-order valence-corrected chi connectivity index (χ2v) is 18.7. The molecule has 18 heteroatoms. The Balaban J connectivity index is 1.51. The fourth-order valence-corrected chi connectivity index (χ4v) is 9.06. The number of benzene rings is 4. The summed E-state index contributed by atoms with van der Waals surface area (Å²) in [6.07, 6.45) is -6.88. The van der Waals surface area contributed by atoms with Crippen molar-refractivity contribution in [2.24, 2.45) is 0 Å². The molecule has 1 aliphatic heterocycles. The number of ether oxygens (including phenoxy) is 2. The molecule has 5 rings (SSSR count). The maximum atomic E-state index is 13.5. The summed E-state index contributed by atoms with van der Waals surface area (Å²) in [5.74, 6) is 0. The van der Waals surface area contributed by atoms with E-state index in [9.17, 15) is 33.7 Å². The van der Waals surface area contributed by atoms with Crippen LogP contribution in [0, 0.1) is 27.7 Å². The fraction of sp³-hybridized carbons (Fsp3) is 0.314. The van der Waals surface area contributed by atoms with Crippen LogP contribution >= 0.6 is 0 Å². The highest BCUT2D eigenvalue weighted by Crippen LogP contribution is 2.30. The number of hydrogen-bond acceptors (Lipinski definition) is 14. The summed E-state index contributed by atoms with van der Waals surface area (Å²) in [7, 11) is -18.3. The van der Waals surface area contributed by atoms with Gasteiger partial charge in [0.05, 0.1) is 32.8 Å². The summed E-state index contributed by atoms with van der Waals surface area (Å²) in [4.78, 5) is -1.04. The van der Waals surface area contributed by atoms with Crippen LogP contribution in [0.5, 0.6) is 0 Å². The normalized spacial score (nSPS) is 18.1. The van der Waals surface area contributed by atoms with Gasteiger partial charge < -0.3 is 9.47 Å². The largest absolute Gasteiger partial charge is 0.346 e. The SMILES string of the molecule is Cc1ccc(S(=O)(=O)OC[C@H](OS(=O)(=O)c2ccc(C)cc2)[C@@H]2OCO[C@@H]2[C@H](COS(=O)(=O)c2ccc(C)cc2)OS(=O)(=O)c2ccc(C)cc2)cc1. The van der Waals surface area contributed by atoms with E-state index in [-0.39, 0.29) is 19.6 Å². The maximum absolute atomic E-state index is 13.5. The van der Waals surface area contributed by atoms with E-state index in [1.54, 1.807) is 27.7 Å². The van der Waals surface area contributed by atoms with Gasteiger partial charge in [-0.05, 0) is 76.2 Å². The highest BCUT2D eigenvalue weighted by atomic mass is 32.2. The van der Waals surface area contributed by atoms with E-state index in [1.165, 1.54) is 97.1 Å². The van der Waals surface area contributed by atoms with Crippen molar-refractivity contribution in [1.82, 2.24) is 0 Å². The van der Waals surface area contributed by atoms with Crippen molar-refractivity contribution < 1.29 is 59.9 Å². The zero-order valence-electron chi connectivity index (χ0n) is 29.0. The van der Waals surface area contributed by atoms with Crippen LogP contribution in [-0.4, -0.2) is 78.1 Å². The summed E-state index contributed by atoms with van der Waals surface area (Å²) < 4.78 is 140. The number of aryl methyl sites for hydroxylation is 4. The van der Waals surface area contributed by atoms with Gasteiger partial charge in [0.2, 0.25) is 0 Å². The van der Waals surface area contributed by atoms with Crippen molar-refractivity contribution in [2.45, 2.75) is 71.7 Å². The maximum Gasteiger partial charge on any atom is 0.297 e. The molecule has 0 saturated carbocycles. The molecule has 0 bridgehead atoms. The van der Waals surface area contributed by atoms with E-state index >= 15 is 0 Å². The van der Waals surface area contributed by atoms with Crippen molar-refractivity contribution >= 4 is 40.5 Å². The molecule has 1 saturated heterocycles. The quantitative estimate of drug-likeness (QED) is 0.145. The molecular weight excluding hydrogens is 773 g/mol. The Bertz CT molecular complexity index is 2140. The highest BCUT2D eigenvalue weighted by molar-refractivity contribution is 7.87. The van der Waals surface area contributed by atoms with Crippen LogP contribution in [-0.2, 0) is 66.7 Å². The predicted molar refractivity (Wildman–Crippen MR) is 190 cm³/mol. The van der Waals surface area contributed by atoms with E-state index < -0.39 is 84.9 Å². The molecule has 0 unspecified atom stereocenters. The summed E-state index contributed by atoms with van der Waals surface area (Å²) in [5.41, 5.74) is 3.03. The second kappa shape index (κ2) is 16.4. The molecular formula is C35H38O14S4. The Kier molecular flexibility index (Phi) is 12.6. The lowest BCUT2D eigenvalue weighted by Gasteiger charge is -2.30. The Labute approximate surface area is 310 Å². The lowest BCUT2D eigenvalue weighted by molar-refractivity contribution is -0.0368. The van der Waals surface area contributed by atoms with Gasteiger partial charge in [-0.2, -0.15) is 33.7 Å². The Morgan fingerprint density at radius 1 is 0.453 bits per heavy atom. The molecule has 1 aliphatic rings. The van der Waals surface area contributed by atoms with E-state index in [1.807, 2.05) is 0 Å². The van der Waals surface area contributed by atoms with Crippen molar-refractivity contribution in [3.8, 4) is 0 Å². The van der Waals surface area contributed by atoms with Gasteiger partial charge in [0.25, 0.3) is 40.5 Å². The average Bonchev–Trinajstić information content (AvgIpc) is 3.59. The average molecular weight is 811 g/mol. The monoisotopic (exact) mass is 810 g/mol. The Morgan fingerprint density at radius 3 is 0.962 bits per heavy atom. The minimum Gasteiger partial charge on any atom is -0.346 e. The summed E-state index contributed by atoms with van der Waals surface area (Å²) in [6.45, 7) is 4.47. The summed E-state index contributed by atoms with van der Waals surface area (Å²) in [5, 5.41) is 0. The van der Waals surface area contributed by atoms with Crippen LogP contribution in [0.4, 0.5) is 0 Å². The first-order valence-electron chi connectivity index (χ1n) is 16.0. The van der Waals surface area contributed by atoms with Gasteiger partial charge in [-0.3, -0.25) is 16.7 Å². The topological polar surface area (TPSA) is 192 Å². The lowest BCUT2D eigenvalue weighted by atomic mass is 10.0. The third kappa shape index (κ3) is 10.4. The van der Waals surface area contributed by atoms with Gasteiger partial charge in [0, 0.05) is 0 Å². The molecule has 0 aromatic heterocycles. The van der Waals surface area contributed by atoms with Gasteiger partial charge in [-0.15, -0.1) is 0 Å². The van der Waals surface area contributed by atoms with Crippen LogP contribution < -0.4 is 0 Å². The molecule has 1 fully saturated rings. The first-order chi connectivity index (χ1) is 24.9. The second-order valence-electron chi connectivity index (χ2n) is 12.3. The molecule has 4 aromatic rings. The molecule has 14 nitrogen and oxygen atoms in total. The van der Waals surface area contributed by atoms with Gasteiger partial charge >= 0.3 is 0 Å². The minimum atomic E-state index is -4.65. The molecule has 0 amide bonds. The number of rotatable bonds is 16. The standard InChI is InChI=1S/C35H38O14S4/c1-24-5-13-28(14-6-24)50(36,37)46-21-32(48-52(40,41)30-17-9-26(3)10-18-30)34-35(45-23-44-34)33(49-53(42,43)31-19-11-27(4)12-20-31)22-47-51(38,39)29-15-7-25(2)8-16-29/h5-20,32-35H,21-23H2,1-4H3/t32-,33-,34-,35+/m0/s1. The van der Waals surface area contributed by atoms with E-state index in [0.29, 0.717) is 0 Å². The van der Waals surface area contributed by atoms with Gasteiger partial charge in [-0.1, -0.05) is 70.8 Å². The minimum absolute atomic E-state index is 0.233. The molecule has 286 valence electrons. The molecule has 0 N–H and O–H groups in total. The number of hydrogen-bond donors (Lipinski definition) is 0. The first kappa shape index (κ1) is 40.6. The Hall–Kier alpha value is -3.56. The van der Waals surface area contributed by atoms with Crippen LogP contribution in [0.3, 0.4) is 0 Å². The predicted octanol–water partition coefficient (Wildman–Crippen LogP) is 4.32. The molecule has 1 heterocycles. The molecule has 0 aliphatic carbocycles. The first-order valence-corrected chi connectivity index (χ1v) is 21.6. The third-order valence-electron chi connectivity index (χ3n) is 8.09. The van der Waals surface area contributed by atoms with Crippen LogP contribution in [0.15, 0.2) is 117 Å². The van der Waals surface area contributed by atoms with Gasteiger partial charge in [-0.25, -0.2) is 0 Å². The van der Waals surface area contributed by atoms with Crippen molar-refractivity contribution in [3.63, 3.8) is 0 Å². The van der Waals surface area contributed by atoms with Crippen LogP contribution in [0.25, 0.3) is 0 Å². The van der Waals surface area contributed by atoms with Crippen molar-refractivity contribution in [1.29, 1.82) is 0 Å². The highest BCUT2D eigenvalue weighted by Gasteiger charge is 2.47. The van der Waals surface area contributed by atoms with E-state index in [2.05, 4.69) is 0 Å². The molecule has 0 radical (unpaired) electrons. The molecule has 0 spiro atoms. The van der Waals surface area contributed by atoms with Gasteiger partial charge in [0.1, 0.15) is 31.2 Å². The Morgan fingerprint density at radius 2 is 0.698 bits per heavy atom. The van der Waals surface area contributed by atoms with E-state index in [4.69, 9.17) is 26.2 Å². The summed E-state index contributed by atoms with van der Waals surface area (Å²) >= 11 is 0. The van der Waals surface area contributed by atoms with Crippen molar-refractivity contribution in [2.75, 3.05) is 20.0 Å². The third-order valence-corrected chi connectivity index (χ3v) is 13.4. The van der Waals surface area contributed by atoms with Crippen molar-refractivity contribution in [3.05, 3.63) is 119 Å².